The van der Waals surface area contributed by atoms with E-state index in [1.54, 1.807) is 19.2 Å². The van der Waals surface area contributed by atoms with Crippen LogP contribution in [0.15, 0.2) is 30.7 Å². The van der Waals surface area contributed by atoms with Gasteiger partial charge < -0.3 is 11.1 Å². The van der Waals surface area contributed by atoms with Gasteiger partial charge in [-0.2, -0.15) is 0 Å². The van der Waals surface area contributed by atoms with Crippen molar-refractivity contribution < 1.29 is 9.18 Å². The van der Waals surface area contributed by atoms with Crippen molar-refractivity contribution in [2.45, 2.75) is 13.5 Å². The molecule has 19 heavy (non-hydrogen) atoms. The molecule has 1 aromatic heterocycles. The van der Waals surface area contributed by atoms with E-state index < -0.39 is 11.7 Å². The molecule has 6 heteroatoms. The third-order valence-electron chi connectivity index (χ3n) is 2.73. The molecule has 0 radical (unpaired) electrons. The van der Waals surface area contributed by atoms with Gasteiger partial charge in [0.2, 0.25) is 5.91 Å². The Labute approximate surface area is 109 Å². The molecule has 2 aromatic rings. The van der Waals surface area contributed by atoms with Crippen LogP contribution in [0.3, 0.4) is 0 Å². The Balaban J connectivity index is 2.22. The van der Waals surface area contributed by atoms with Gasteiger partial charge in [-0.15, -0.1) is 0 Å². The first-order valence-corrected chi connectivity index (χ1v) is 5.66. The van der Waals surface area contributed by atoms with Gasteiger partial charge in [0.05, 0.1) is 12.2 Å². The van der Waals surface area contributed by atoms with Crippen LogP contribution in [0.2, 0.25) is 0 Å². The summed E-state index contributed by atoms with van der Waals surface area (Å²) in [5, 5.41) is 3.03. The summed E-state index contributed by atoms with van der Waals surface area (Å²) in [4.78, 5) is 19.0. The lowest BCUT2D eigenvalue weighted by Crippen LogP contribution is -2.13. The van der Waals surface area contributed by atoms with Crippen LogP contribution in [0.1, 0.15) is 21.6 Å². The highest BCUT2D eigenvalue weighted by Gasteiger charge is 2.10. The molecule has 0 aliphatic heterocycles. The van der Waals surface area contributed by atoms with E-state index in [-0.39, 0.29) is 5.56 Å². The highest BCUT2D eigenvalue weighted by molar-refractivity contribution is 5.94. The van der Waals surface area contributed by atoms with E-state index in [0.717, 1.165) is 11.8 Å². The number of primary amides is 1. The van der Waals surface area contributed by atoms with Crippen molar-refractivity contribution in [2.24, 2.45) is 5.73 Å². The zero-order valence-corrected chi connectivity index (χ0v) is 10.4. The first kappa shape index (κ1) is 12.9. The average Bonchev–Trinajstić information content (AvgIpc) is 2.41. The molecule has 2 rings (SSSR count). The molecule has 1 amide bonds. The number of carbonyl (C=O) groups is 1. The monoisotopic (exact) mass is 260 g/mol. The largest absolute Gasteiger partial charge is 0.379 e. The number of amides is 1. The number of nitrogens with zero attached hydrogens (tertiary/aromatic N) is 2. The van der Waals surface area contributed by atoms with E-state index in [2.05, 4.69) is 15.3 Å². The Morgan fingerprint density at radius 1 is 1.47 bits per heavy atom. The smallest absolute Gasteiger partial charge is 0.248 e. The van der Waals surface area contributed by atoms with Crippen LogP contribution in [-0.4, -0.2) is 15.9 Å². The highest BCUT2D eigenvalue weighted by Crippen LogP contribution is 2.21. The van der Waals surface area contributed by atoms with Crippen molar-refractivity contribution in [1.29, 1.82) is 0 Å². The molecule has 0 aliphatic carbocycles. The lowest BCUT2D eigenvalue weighted by atomic mass is 10.1. The molecule has 0 saturated heterocycles. The van der Waals surface area contributed by atoms with Gasteiger partial charge in [0, 0.05) is 23.0 Å². The molecular weight excluding hydrogens is 247 g/mol. The van der Waals surface area contributed by atoms with E-state index in [0.29, 0.717) is 17.8 Å². The summed E-state index contributed by atoms with van der Waals surface area (Å²) in [5.74, 6) is -1.13. The molecule has 1 aromatic carbocycles. The minimum Gasteiger partial charge on any atom is -0.379 e. The zero-order valence-electron chi connectivity index (χ0n) is 10.4. The minimum atomic E-state index is -0.663. The molecule has 0 fully saturated rings. The number of hydrogen-bond donors (Lipinski definition) is 2. The number of rotatable bonds is 4. The van der Waals surface area contributed by atoms with Crippen molar-refractivity contribution in [3.63, 3.8) is 0 Å². The summed E-state index contributed by atoms with van der Waals surface area (Å²) in [7, 11) is 0. The number of carbonyl (C=O) groups excluding carboxylic acids is 1. The standard InChI is InChI=1S/C13H13FN4O/c1-8-11(14)4-9(13(15)19)5-12(8)17-6-10-2-3-16-7-18-10/h2-5,7,17H,6H2,1H3,(H2,15,19). The lowest BCUT2D eigenvalue weighted by Gasteiger charge is -2.11. The SMILES string of the molecule is Cc1c(F)cc(C(N)=O)cc1NCc1ccncn1. The molecule has 0 aliphatic rings. The van der Waals surface area contributed by atoms with Gasteiger partial charge in [0.15, 0.2) is 0 Å². The molecule has 0 spiro atoms. The Morgan fingerprint density at radius 2 is 2.26 bits per heavy atom. The molecule has 0 atom stereocenters. The van der Waals surface area contributed by atoms with Crippen molar-refractivity contribution in [3.8, 4) is 0 Å². The van der Waals surface area contributed by atoms with Crippen LogP contribution in [-0.2, 0) is 6.54 Å². The molecule has 1 heterocycles. The summed E-state index contributed by atoms with van der Waals surface area (Å²) in [6.45, 7) is 2.04. The number of benzene rings is 1. The summed E-state index contributed by atoms with van der Waals surface area (Å²) in [5.41, 5.74) is 7.00. The predicted molar refractivity (Wildman–Crippen MR) is 69.0 cm³/mol. The fourth-order valence-corrected chi connectivity index (χ4v) is 1.61. The Hall–Kier alpha value is -2.50. The van der Waals surface area contributed by atoms with Gasteiger partial charge in [-0.05, 0) is 25.1 Å². The zero-order chi connectivity index (χ0) is 13.8. The van der Waals surface area contributed by atoms with Crippen LogP contribution in [0.25, 0.3) is 0 Å². The normalized spacial score (nSPS) is 10.2. The second-order valence-electron chi connectivity index (χ2n) is 4.05. The van der Waals surface area contributed by atoms with Gasteiger partial charge in [0.25, 0.3) is 0 Å². The van der Waals surface area contributed by atoms with Gasteiger partial charge in [-0.1, -0.05) is 0 Å². The average molecular weight is 260 g/mol. The lowest BCUT2D eigenvalue weighted by molar-refractivity contribution is 0.1000. The Morgan fingerprint density at radius 3 is 2.89 bits per heavy atom. The summed E-state index contributed by atoms with van der Waals surface area (Å²) < 4.78 is 13.7. The van der Waals surface area contributed by atoms with Crippen LogP contribution >= 0.6 is 0 Å². The minimum absolute atomic E-state index is 0.133. The van der Waals surface area contributed by atoms with E-state index in [4.69, 9.17) is 5.73 Å². The molecule has 98 valence electrons. The quantitative estimate of drug-likeness (QED) is 0.875. The van der Waals surface area contributed by atoms with Crippen molar-refractivity contribution in [2.75, 3.05) is 5.32 Å². The fraction of sp³-hybridized carbons (Fsp3) is 0.154. The maximum absolute atomic E-state index is 13.7. The summed E-state index contributed by atoms with van der Waals surface area (Å²) in [6, 6.07) is 4.41. The van der Waals surface area contributed by atoms with Gasteiger partial charge in [-0.25, -0.2) is 14.4 Å². The maximum Gasteiger partial charge on any atom is 0.248 e. The maximum atomic E-state index is 13.7. The molecule has 3 N–H and O–H groups in total. The van der Waals surface area contributed by atoms with E-state index in [9.17, 15) is 9.18 Å². The molecular formula is C13H13FN4O. The highest BCUT2D eigenvalue weighted by atomic mass is 19.1. The second kappa shape index (κ2) is 5.43. The first-order chi connectivity index (χ1) is 9.08. The summed E-state index contributed by atoms with van der Waals surface area (Å²) >= 11 is 0. The number of nitrogens with one attached hydrogen (secondary N) is 1. The van der Waals surface area contributed by atoms with E-state index in [1.807, 2.05) is 0 Å². The van der Waals surface area contributed by atoms with Crippen LogP contribution in [0.5, 0.6) is 0 Å². The second-order valence-corrected chi connectivity index (χ2v) is 4.05. The number of halogens is 1. The van der Waals surface area contributed by atoms with Gasteiger partial charge in [0.1, 0.15) is 12.1 Å². The molecule has 0 bridgehead atoms. The van der Waals surface area contributed by atoms with E-state index in [1.165, 1.54) is 12.4 Å². The first-order valence-electron chi connectivity index (χ1n) is 5.66. The number of nitrogens with two attached hydrogens (primary N) is 1. The van der Waals surface area contributed by atoms with Crippen molar-refractivity contribution in [1.82, 2.24) is 9.97 Å². The third kappa shape index (κ3) is 3.04. The van der Waals surface area contributed by atoms with Gasteiger partial charge >= 0.3 is 0 Å². The van der Waals surface area contributed by atoms with Crippen LogP contribution in [0.4, 0.5) is 10.1 Å². The number of hydrogen-bond acceptors (Lipinski definition) is 4. The Kier molecular flexibility index (Phi) is 3.70. The topological polar surface area (TPSA) is 80.9 Å². The Bertz CT molecular complexity index is 601. The van der Waals surface area contributed by atoms with Crippen LogP contribution < -0.4 is 11.1 Å². The molecule has 5 nitrogen and oxygen atoms in total. The van der Waals surface area contributed by atoms with Crippen molar-refractivity contribution in [3.05, 3.63) is 53.4 Å². The van der Waals surface area contributed by atoms with Gasteiger partial charge in [-0.3, -0.25) is 4.79 Å². The third-order valence-corrected chi connectivity index (χ3v) is 2.73. The number of aromatic nitrogens is 2. The van der Waals surface area contributed by atoms with Crippen LogP contribution in [0, 0.1) is 12.7 Å². The molecule has 0 unspecified atom stereocenters. The predicted octanol–water partition coefficient (Wildman–Crippen LogP) is 1.64. The van der Waals surface area contributed by atoms with E-state index >= 15 is 0 Å². The number of anilines is 1. The van der Waals surface area contributed by atoms with Crippen molar-refractivity contribution >= 4 is 11.6 Å². The summed E-state index contributed by atoms with van der Waals surface area (Å²) in [6.07, 6.45) is 3.06. The molecule has 0 saturated carbocycles. The fourth-order valence-electron chi connectivity index (χ4n) is 1.61.